The van der Waals surface area contributed by atoms with Crippen molar-refractivity contribution in [2.24, 2.45) is 0 Å². The van der Waals surface area contributed by atoms with Crippen molar-refractivity contribution in [3.8, 4) is 0 Å². The number of amides is 2. The first kappa shape index (κ1) is 15.0. The first-order chi connectivity index (χ1) is 9.48. The molecule has 0 saturated carbocycles. The smallest absolute Gasteiger partial charge is 0.332 e. The molecule has 3 atom stereocenters. The van der Waals surface area contributed by atoms with Crippen molar-refractivity contribution in [3.05, 3.63) is 0 Å². The number of carboxylic acid groups (broad SMARTS) is 1. The number of carboxylic acids is 1. The van der Waals surface area contributed by atoms with Crippen molar-refractivity contribution >= 4 is 12.0 Å². The minimum Gasteiger partial charge on any atom is -0.479 e. The summed E-state index contributed by atoms with van der Waals surface area (Å²) in [4.78, 5) is 25.2. The number of carbonyl (C=O) groups excluding carboxylic acids is 1. The maximum Gasteiger partial charge on any atom is 0.332 e. The SMILES string of the molecule is CC1COC(CO)CN1C(=O)NC1(C(=O)O)CCOC1. The number of nitrogens with one attached hydrogen (secondary N) is 1. The summed E-state index contributed by atoms with van der Waals surface area (Å²) in [7, 11) is 0. The van der Waals surface area contributed by atoms with Gasteiger partial charge in [-0.25, -0.2) is 9.59 Å². The van der Waals surface area contributed by atoms with Crippen molar-refractivity contribution in [1.29, 1.82) is 0 Å². The van der Waals surface area contributed by atoms with Gasteiger partial charge in [0, 0.05) is 13.0 Å². The predicted octanol–water partition coefficient (Wildman–Crippen LogP) is -0.979. The summed E-state index contributed by atoms with van der Waals surface area (Å²) in [5, 5.41) is 21.0. The van der Waals surface area contributed by atoms with Crippen molar-refractivity contribution in [2.45, 2.75) is 31.0 Å². The van der Waals surface area contributed by atoms with E-state index < -0.39 is 23.6 Å². The number of hydrogen-bond acceptors (Lipinski definition) is 5. The van der Waals surface area contributed by atoms with Gasteiger partial charge in [-0.1, -0.05) is 0 Å². The van der Waals surface area contributed by atoms with E-state index in [0.29, 0.717) is 13.2 Å². The fourth-order valence-electron chi connectivity index (χ4n) is 2.37. The molecule has 2 aliphatic rings. The molecule has 2 aliphatic heterocycles. The van der Waals surface area contributed by atoms with E-state index in [2.05, 4.69) is 5.32 Å². The number of rotatable bonds is 3. The second-order valence-electron chi connectivity index (χ2n) is 5.26. The van der Waals surface area contributed by atoms with E-state index in [1.807, 2.05) is 6.92 Å². The second kappa shape index (κ2) is 5.94. The van der Waals surface area contributed by atoms with Crippen LogP contribution in [0.25, 0.3) is 0 Å². The zero-order chi connectivity index (χ0) is 14.8. The fraction of sp³-hybridized carbons (Fsp3) is 0.833. The number of nitrogens with zero attached hydrogens (tertiary/aromatic N) is 1. The normalized spacial score (nSPS) is 34.0. The Labute approximate surface area is 116 Å². The number of carbonyl (C=O) groups is 2. The summed E-state index contributed by atoms with van der Waals surface area (Å²) in [6.07, 6.45) is -0.187. The second-order valence-corrected chi connectivity index (χ2v) is 5.26. The van der Waals surface area contributed by atoms with Gasteiger partial charge in [-0.3, -0.25) is 0 Å². The average Bonchev–Trinajstić information content (AvgIpc) is 2.89. The average molecular weight is 288 g/mol. The van der Waals surface area contributed by atoms with Crippen LogP contribution in [0.5, 0.6) is 0 Å². The summed E-state index contributed by atoms with van der Waals surface area (Å²) >= 11 is 0. The van der Waals surface area contributed by atoms with E-state index in [0.717, 1.165) is 0 Å². The van der Waals surface area contributed by atoms with Gasteiger partial charge in [-0.05, 0) is 6.92 Å². The van der Waals surface area contributed by atoms with Crippen LogP contribution in [0.2, 0.25) is 0 Å². The minimum atomic E-state index is -1.36. The fourth-order valence-corrected chi connectivity index (χ4v) is 2.37. The van der Waals surface area contributed by atoms with Crippen molar-refractivity contribution in [2.75, 3.05) is 33.0 Å². The van der Waals surface area contributed by atoms with Gasteiger partial charge >= 0.3 is 12.0 Å². The third-order valence-electron chi connectivity index (χ3n) is 3.75. The first-order valence-electron chi connectivity index (χ1n) is 6.61. The van der Waals surface area contributed by atoms with Gasteiger partial charge < -0.3 is 29.9 Å². The molecule has 0 spiro atoms. The van der Waals surface area contributed by atoms with Crippen molar-refractivity contribution in [1.82, 2.24) is 10.2 Å². The summed E-state index contributed by atoms with van der Waals surface area (Å²) < 4.78 is 10.5. The molecule has 20 heavy (non-hydrogen) atoms. The Kier molecular flexibility index (Phi) is 4.46. The highest BCUT2D eigenvalue weighted by atomic mass is 16.5. The van der Waals surface area contributed by atoms with Gasteiger partial charge in [0.15, 0.2) is 5.54 Å². The lowest BCUT2D eigenvalue weighted by Crippen LogP contribution is -2.62. The highest BCUT2D eigenvalue weighted by Gasteiger charge is 2.45. The van der Waals surface area contributed by atoms with Gasteiger partial charge in [0.05, 0.1) is 38.5 Å². The predicted molar refractivity (Wildman–Crippen MR) is 67.3 cm³/mol. The molecule has 0 aromatic carbocycles. The lowest BCUT2D eigenvalue weighted by molar-refractivity contribution is -0.144. The topological polar surface area (TPSA) is 108 Å². The Morgan fingerprint density at radius 3 is 2.80 bits per heavy atom. The maximum atomic E-state index is 12.3. The van der Waals surface area contributed by atoms with Gasteiger partial charge in [-0.2, -0.15) is 0 Å². The molecule has 8 nitrogen and oxygen atoms in total. The highest BCUT2D eigenvalue weighted by Crippen LogP contribution is 2.20. The number of aliphatic hydroxyl groups is 1. The van der Waals surface area contributed by atoms with Crippen LogP contribution in [-0.2, 0) is 14.3 Å². The molecular formula is C12H20N2O6. The minimum absolute atomic E-state index is 0.0315. The molecule has 3 unspecified atom stereocenters. The van der Waals surface area contributed by atoms with E-state index in [4.69, 9.17) is 14.6 Å². The molecular weight excluding hydrogens is 268 g/mol. The lowest BCUT2D eigenvalue weighted by atomic mass is 9.99. The molecule has 2 heterocycles. The summed E-state index contributed by atoms with van der Waals surface area (Å²) in [5.74, 6) is -1.09. The summed E-state index contributed by atoms with van der Waals surface area (Å²) in [5.41, 5.74) is -1.36. The Morgan fingerprint density at radius 1 is 1.50 bits per heavy atom. The number of urea groups is 1. The van der Waals surface area contributed by atoms with Crippen LogP contribution in [0.3, 0.4) is 0 Å². The molecule has 0 bridgehead atoms. The van der Waals surface area contributed by atoms with Crippen molar-refractivity contribution in [3.63, 3.8) is 0 Å². The maximum absolute atomic E-state index is 12.3. The third kappa shape index (κ3) is 2.87. The number of ether oxygens (including phenoxy) is 2. The molecule has 2 fully saturated rings. The van der Waals surface area contributed by atoms with Crippen LogP contribution in [0.4, 0.5) is 4.79 Å². The van der Waals surface area contributed by atoms with Crippen molar-refractivity contribution < 1.29 is 29.3 Å². The standard InChI is InChI=1S/C12H20N2O6/c1-8-6-20-9(5-15)4-14(8)11(18)13-12(10(16)17)2-3-19-7-12/h8-9,15H,2-7H2,1H3,(H,13,18)(H,16,17). The van der Waals surface area contributed by atoms with Gasteiger partial charge in [-0.15, -0.1) is 0 Å². The van der Waals surface area contributed by atoms with E-state index >= 15 is 0 Å². The molecule has 2 rings (SSSR count). The number of aliphatic carboxylic acids is 1. The Balaban J connectivity index is 2.04. The Morgan fingerprint density at radius 2 is 2.25 bits per heavy atom. The molecule has 0 radical (unpaired) electrons. The monoisotopic (exact) mass is 288 g/mol. The van der Waals surface area contributed by atoms with E-state index in [9.17, 15) is 14.7 Å². The molecule has 0 aromatic rings. The first-order valence-corrected chi connectivity index (χ1v) is 6.61. The van der Waals surface area contributed by atoms with E-state index in [-0.39, 0.29) is 32.2 Å². The molecule has 8 heteroatoms. The van der Waals surface area contributed by atoms with Crippen LogP contribution >= 0.6 is 0 Å². The number of hydrogen-bond donors (Lipinski definition) is 3. The third-order valence-corrected chi connectivity index (χ3v) is 3.75. The number of morpholine rings is 1. The van der Waals surface area contributed by atoms with Crippen LogP contribution < -0.4 is 5.32 Å². The van der Waals surface area contributed by atoms with E-state index in [1.165, 1.54) is 4.90 Å². The molecule has 2 saturated heterocycles. The molecule has 114 valence electrons. The van der Waals surface area contributed by atoms with Crippen LogP contribution in [0.1, 0.15) is 13.3 Å². The quantitative estimate of drug-likeness (QED) is 0.616. The van der Waals surface area contributed by atoms with Crippen LogP contribution in [-0.4, -0.2) is 77.8 Å². The van der Waals surface area contributed by atoms with Gasteiger partial charge in [0.25, 0.3) is 0 Å². The molecule has 0 aromatic heterocycles. The largest absolute Gasteiger partial charge is 0.479 e. The highest BCUT2D eigenvalue weighted by molar-refractivity contribution is 5.87. The van der Waals surface area contributed by atoms with Crippen LogP contribution in [0, 0.1) is 0 Å². The summed E-state index contributed by atoms with van der Waals surface area (Å²) in [6.45, 7) is 2.46. The Hall–Kier alpha value is -1.38. The van der Waals surface area contributed by atoms with Crippen LogP contribution in [0.15, 0.2) is 0 Å². The van der Waals surface area contributed by atoms with E-state index in [1.54, 1.807) is 0 Å². The van der Waals surface area contributed by atoms with Gasteiger partial charge in [0.2, 0.25) is 0 Å². The zero-order valence-corrected chi connectivity index (χ0v) is 11.4. The Bertz CT molecular complexity index is 382. The van der Waals surface area contributed by atoms with Gasteiger partial charge in [0.1, 0.15) is 0 Å². The molecule has 2 amide bonds. The zero-order valence-electron chi connectivity index (χ0n) is 11.4. The number of aliphatic hydroxyl groups excluding tert-OH is 1. The summed E-state index contributed by atoms with van der Waals surface area (Å²) in [6, 6.07) is -0.641. The molecule has 0 aliphatic carbocycles. The molecule has 3 N–H and O–H groups in total. The lowest BCUT2D eigenvalue weighted by Gasteiger charge is -2.39.